The molecule has 0 aliphatic rings. The predicted octanol–water partition coefficient (Wildman–Crippen LogP) is 2.21. The van der Waals surface area contributed by atoms with Gasteiger partial charge in [-0.2, -0.15) is 0 Å². The van der Waals surface area contributed by atoms with E-state index in [1.54, 1.807) is 6.07 Å². The maximum atomic E-state index is 11.8. The van der Waals surface area contributed by atoms with Crippen molar-refractivity contribution in [3.8, 4) is 12.5 Å². The first-order valence-corrected chi connectivity index (χ1v) is 7.88. The minimum Gasteiger partial charge on any atom is -0.355 e. The maximum Gasteiger partial charge on any atom is 0.262 e. The summed E-state index contributed by atoms with van der Waals surface area (Å²) in [6.07, 6.45) is 5.78. The van der Waals surface area contributed by atoms with Crippen LogP contribution in [0.2, 0.25) is 0 Å². The van der Waals surface area contributed by atoms with E-state index in [-0.39, 0.29) is 11.8 Å². The number of alkyl halides is 1. The average Bonchev–Trinajstić information content (AvgIpc) is 2.54. The number of carbonyl (C=O) groups is 2. The van der Waals surface area contributed by atoms with Crippen molar-refractivity contribution in [3.05, 3.63) is 47.5 Å². The molecule has 5 heteroatoms. The van der Waals surface area contributed by atoms with Crippen molar-refractivity contribution in [2.75, 3.05) is 11.9 Å². The van der Waals surface area contributed by atoms with Crippen LogP contribution in [0.4, 0.5) is 0 Å². The summed E-state index contributed by atoms with van der Waals surface area (Å²) in [5.41, 5.74) is 1.59. The normalized spacial score (nSPS) is 10.0. The molecule has 2 rings (SSSR count). The molecule has 0 saturated heterocycles. The number of hydrogen-bond acceptors (Lipinski definition) is 2. The Bertz CT molecular complexity index is 750. The number of fused-ring (bicyclic) bond motifs is 1. The number of rotatable bonds is 5. The van der Waals surface area contributed by atoms with Crippen LogP contribution in [0.1, 0.15) is 15.9 Å². The minimum atomic E-state index is -0.299. The average molecular weight is 359 g/mol. The Labute approximate surface area is 137 Å². The second-order valence-electron chi connectivity index (χ2n) is 4.69. The molecule has 0 radical (unpaired) electrons. The summed E-state index contributed by atoms with van der Waals surface area (Å²) in [6.45, 7) is 0.546. The predicted molar refractivity (Wildman–Crippen MR) is 90.8 cm³/mol. The molecule has 2 aromatic rings. The molecule has 2 N–H and O–H groups in total. The molecular formula is C17H15BrN2O2. The van der Waals surface area contributed by atoms with Gasteiger partial charge in [0.2, 0.25) is 5.91 Å². The van der Waals surface area contributed by atoms with E-state index in [4.69, 9.17) is 6.42 Å². The van der Waals surface area contributed by atoms with E-state index in [0.29, 0.717) is 23.9 Å². The van der Waals surface area contributed by atoms with Gasteiger partial charge in [-0.05, 0) is 34.9 Å². The van der Waals surface area contributed by atoms with Crippen LogP contribution < -0.4 is 10.6 Å². The zero-order valence-corrected chi connectivity index (χ0v) is 13.4. The number of benzene rings is 2. The number of halogens is 1. The van der Waals surface area contributed by atoms with Crippen molar-refractivity contribution in [1.29, 1.82) is 0 Å². The second-order valence-corrected chi connectivity index (χ2v) is 5.25. The van der Waals surface area contributed by atoms with Crippen molar-refractivity contribution in [3.63, 3.8) is 0 Å². The Kier molecular flexibility index (Phi) is 5.56. The van der Waals surface area contributed by atoms with E-state index < -0.39 is 0 Å². The van der Waals surface area contributed by atoms with Gasteiger partial charge in [-0.25, -0.2) is 0 Å². The second kappa shape index (κ2) is 7.62. The number of nitrogens with one attached hydrogen (secondary N) is 2. The van der Waals surface area contributed by atoms with Crippen LogP contribution in [0.3, 0.4) is 0 Å². The SMILES string of the molecule is C#CNC(=O)c1ccc2cccc(CCNC(=O)CBr)c2c1. The summed E-state index contributed by atoms with van der Waals surface area (Å²) < 4.78 is 0. The van der Waals surface area contributed by atoms with Crippen LogP contribution in [0.25, 0.3) is 10.8 Å². The van der Waals surface area contributed by atoms with Gasteiger partial charge in [0.1, 0.15) is 0 Å². The molecular weight excluding hydrogens is 344 g/mol. The third kappa shape index (κ3) is 3.86. The Balaban J connectivity index is 2.26. The zero-order chi connectivity index (χ0) is 15.9. The summed E-state index contributed by atoms with van der Waals surface area (Å²) in [5, 5.41) is 7.47. The van der Waals surface area contributed by atoms with Gasteiger partial charge in [-0.1, -0.05) is 46.6 Å². The van der Waals surface area contributed by atoms with Crippen LogP contribution in [0.5, 0.6) is 0 Å². The summed E-state index contributed by atoms with van der Waals surface area (Å²) in [7, 11) is 0. The zero-order valence-electron chi connectivity index (χ0n) is 11.9. The van der Waals surface area contributed by atoms with Gasteiger partial charge in [0.05, 0.1) is 5.33 Å². The molecule has 0 spiro atoms. The minimum absolute atomic E-state index is 0.0469. The number of hydrogen-bond donors (Lipinski definition) is 2. The molecule has 0 aliphatic carbocycles. The van der Waals surface area contributed by atoms with Gasteiger partial charge in [0.15, 0.2) is 0 Å². The Morgan fingerprint density at radius 3 is 2.77 bits per heavy atom. The van der Waals surface area contributed by atoms with Gasteiger partial charge >= 0.3 is 0 Å². The van der Waals surface area contributed by atoms with Gasteiger partial charge in [-0.15, -0.1) is 0 Å². The third-order valence-corrected chi connectivity index (χ3v) is 3.77. The highest BCUT2D eigenvalue weighted by Gasteiger charge is 2.08. The first kappa shape index (κ1) is 16.1. The third-order valence-electron chi connectivity index (χ3n) is 3.26. The molecule has 22 heavy (non-hydrogen) atoms. The Morgan fingerprint density at radius 2 is 2.05 bits per heavy atom. The van der Waals surface area contributed by atoms with Crippen LogP contribution in [-0.4, -0.2) is 23.7 Å². The quantitative estimate of drug-likeness (QED) is 0.489. The van der Waals surface area contributed by atoms with E-state index in [1.165, 1.54) is 0 Å². The molecule has 0 saturated carbocycles. The van der Waals surface area contributed by atoms with Crippen LogP contribution >= 0.6 is 15.9 Å². The molecule has 0 aromatic heterocycles. The van der Waals surface area contributed by atoms with Crippen LogP contribution in [-0.2, 0) is 11.2 Å². The molecule has 0 fully saturated rings. The molecule has 0 aliphatic heterocycles. The molecule has 0 bridgehead atoms. The molecule has 112 valence electrons. The highest BCUT2D eigenvalue weighted by atomic mass is 79.9. The van der Waals surface area contributed by atoms with Crippen molar-refractivity contribution in [2.45, 2.75) is 6.42 Å². The van der Waals surface area contributed by atoms with Gasteiger partial charge in [0, 0.05) is 18.2 Å². The highest BCUT2D eigenvalue weighted by molar-refractivity contribution is 9.09. The Hall–Kier alpha value is -2.32. The van der Waals surface area contributed by atoms with Gasteiger partial charge in [-0.3, -0.25) is 14.9 Å². The standard InChI is InChI=1S/C17H15BrN2O2/c1-2-19-17(22)14-7-6-12-4-3-5-13(15(12)10-14)8-9-20-16(21)11-18/h1,3-7,10H,8-9,11H2,(H,19,22)(H,20,21). The topological polar surface area (TPSA) is 58.2 Å². The number of terminal acetylenes is 1. The van der Waals surface area contributed by atoms with Crippen molar-refractivity contribution in [1.82, 2.24) is 10.6 Å². The van der Waals surface area contributed by atoms with Crippen LogP contribution in [0, 0.1) is 12.5 Å². The summed E-state index contributed by atoms with van der Waals surface area (Å²) >= 11 is 3.11. The molecule has 0 unspecified atom stereocenters. The highest BCUT2D eigenvalue weighted by Crippen LogP contribution is 2.21. The summed E-state index contributed by atoms with van der Waals surface area (Å²) in [5.74, 6) is -0.346. The lowest BCUT2D eigenvalue weighted by molar-refractivity contribution is -0.118. The fourth-order valence-electron chi connectivity index (χ4n) is 2.22. The van der Waals surface area contributed by atoms with E-state index in [0.717, 1.165) is 16.3 Å². The first-order valence-electron chi connectivity index (χ1n) is 6.76. The summed E-state index contributed by atoms with van der Waals surface area (Å²) in [6, 6.07) is 13.5. The van der Waals surface area contributed by atoms with Crippen molar-refractivity contribution >= 4 is 38.5 Å². The maximum absolute atomic E-state index is 11.8. The van der Waals surface area contributed by atoms with Crippen LogP contribution in [0.15, 0.2) is 36.4 Å². The van der Waals surface area contributed by atoms with Crippen molar-refractivity contribution in [2.24, 2.45) is 0 Å². The van der Waals surface area contributed by atoms with Crippen molar-refractivity contribution < 1.29 is 9.59 Å². The summed E-state index contributed by atoms with van der Waals surface area (Å²) in [4.78, 5) is 23.1. The molecule has 0 heterocycles. The monoisotopic (exact) mass is 358 g/mol. The van der Waals surface area contributed by atoms with Gasteiger partial charge in [0.25, 0.3) is 5.91 Å². The smallest absolute Gasteiger partial charge is 0.262 e. The number of amides is 2. The fraction of sp³-hybridized carbons (Fsp3) is 0.176. The van der Waals surface area contributed by atoms with E-state index >= 15 is 0 Å². The van der Waals surface area contributed by atoms with Gasteiger partial charge < -0.3 is 5.32 Å². The lowest BCUT2D eigenvalue weighted by Crippen LogP contribution is -2.26. The Morgan fingerprint density at radius 1 is 1.23 bits per heavy atom. The lowest BCUT2D eigenvalue weighted by atomic mass is 9.99. The fourth-order valence-corrected chi connectivity index (χ4v) is 2.42. The molecule has 2 aromatic carbocycles. The van der Waals surface area contributed by atoms with E-state index in [1.807, 2.05) is 30.3 Å². The van der Waals surface area contributed by atoms with E-state index in [2.05, 4.69) is 32.6 Å². The van der Waals surface area contributed by atoms with E-state index in [9.17, 15) is 9.59 Å². The molecule has 2 amide bonds. The molecule has 0 atom stereocenters. The lowest BCUT2D eigenvalue weighted by Gasteiger charge is -2.09. The first-order chi connectivity index (χ1) is 10.7. The number of carbonyl (C=O) groups excluding carboxylic acids is 2. The largest absolute Gasteiger partial charge is 0.355 e. The molecule has 4 nitrogen and oxygen atoms in total.